The second-order valence-electron chi connectivity index (χ2n) is 7.36. The molecule has 1 saturated heterocycles. The van der Waals surface area contributed by atoms with Crippen molar-refractivity contribution < 1.29 is 14.3 Å². The minimum Gasteiger partial charge on any atom is -0.459 e. The van der Waals surface area contributed by atoms with E-state index in [1.165, 1.54) is 16.7 Å². The van der Waals surface area contributed by atoms with E-state index in [4.69, 9.17) is 39.5 Å². The largest absolute Gasteiger partial charge is 0.459 e. The van der Waals surface area contributed by atoms with Crippen LogP contribution in [0.25, 0.3) is 0 Å². The molecule has 3 unspecified atom stereocenters. The van der Waals surface area contributed by atoms with E-state index in [9.17, 15) is 9.59 Å². The first-order valence-electron chi connectivity index (χ1n) is 9.79. The predicted octanol–water partition coefficient (Wildman–Crippen LogP) is 4.91. The predicted molar refractivity (Wildman–Crippen MR) is 129 cm³/mol. The summed E-state index contributed by atoms with van der Waals surface area (Å²) in [6, 6.07) is 16.7. The second kappa shape index (κ2) is 9.48. The number of β-lactam (4-membered cyclic amide) rings is 1. The summed E-state index contributed by atoms with van der Waals surface area (Å²) in [5, 5.41) is -0.0295. The van der Waals surface area contributed by atoms with E-state index in [0.717, 1.165) is 5.56 Å². The van der Waals surface area contributed by atoms with Gasteiger partial charge in [-0.15, -0.1) is 11.6 Å². The van der Waals surface area contributed by atoms with Gasteiger partial charge in [-0.1, -0.05) is 102 Å². The van der Waals surface area contributed by atoms with Crippen LogP contribution in [0, 0.1) is 0 Å². The molecule has 2 heterocycles. The number of carbonyl (C=O) groups is 2. The van der Waals surface area contributed by atoms with E-state index in [0.29, 0.717) is 16.2 Å². The van der Waals surface area contributed by atoms with E-state index in [-0.39, 0.29) is 18.4 Å². The van der Waals surface area contributed by atoms with Gasteiger partial charge in [-0.05, 0) is 16.7 Å². The SMILES string of the molecule is C=C(CCl)C(C(=O)OCc1ccccc1)N1C(=O)C2N=C(C(Cl)(Cl)c3ccccc3)SC21. The van der Waals surface area contributed by atoms with Crippen molar-refractivity contribution in [1.29, 1.82) is 0 Å². The topological polar surface area (TPSA) is 59.0 Å². The van der Waals surface area contributed by atoms with Crippen LogP contribution in [0.5, 0.6) is 0 Å². The van der Waals surface area contributed by atoms with Crippen LogP contribution in [0.3, 0.4) is 0 Å². The second-order valence-corrected chi connectivity index (χ2v) is 10.1. The Kier molecular flexibility index (Phi) is 6.86. The van der Waals surface area contributed by atoms with Crippen molar-refractivity contribution in [3.05, 3.63) is 83.9 Å². The number of likely N-dealkylation sites (tertiary alicyclic amines) is 1. The Balaban J connectivity index is 1.51. The van der Waals surface area contributed by atoms with Gasteiger partial charge in [-0.25, -0.2) is 4.79 Å². The molecule has 4 rings (SSSR count). The van der Waals surface area contributed by atoms with Gasteiger partial charge < -0.3 is 9.64 Å². The third kappa shape index (κ3) is 4.29. The molecule has 2 aliphatic rings. The quantitative estimate of drug-likeness (QED) is 0.220. The van der Waals surface area contributed by atoms with Crippen LogP contribution in [0.2, 0.25) is 0 Å². The molecule has 2 aromatic carbocycles. The number of halogens is 3. The molecule has 0 radical (unpaired) electrons. The summed E-state index contributed by atoms with van der Waals surface area (Å²) in [4.78, 5) is 31.8. The van der Waals surface area contributed by atoms with Crippen molar-refractivity contribution in [2.24, 2.45) is 4.99 Å². The van der Waals surface area contributed by atoms with Gasteiger partial charge in [0.05, 0.1) is 0 Å². The van der Waals surface area contributed by atoms with Gasteiger partial charge in [0, 0.05) is 5.88 Å². The van der Waals surface area contributed by atoms with E-state index >= 15 is 0 Å². The first-order valence-corrected chi connectivity index (χ1v) is 12.0. The number of alkyl halides is 3. The molecule has 2 aromatic rings. The molecule has 0 bridgehead atoms. The molecule has 0 saturated carbocycles. The number of benzene rings is 2. The molecule has 5 nitrogen and oxygen atoms in total. The third-order valence-corrected chi connectivity index (χ3v) is 7.95. The van der Waals surface area contributed by atoms with Crippen LogP contribution in [0.15, 0.2) is 77.8 Å². The Hall–Kier alpha value is -1.99. The summed E-state index contributed by atoms with van der Waals surface area (Å²) >= 11 is 20.5. The summed E-state index contributed by atoms with van der Waals surface area (Å²) in [6.45, 7) is 3.97. The highest BCUT2D eigenvalue weighted by Gasteiger charge is 2.59. The van der Waals surface area contributed by atoms with Gasteiger partial charge in [0.1, 0.15) is 17.0 Å². The highest BCUT2D eigenvalue weighted by molar-refractivity contribution is 8.15. The monoisotopic (exact) mass is 508 g/mol. The number of thioether (sulfide) groups is 1. The molecule has 9 heteroatoms. The highest BCUT2D eigenvalue weighted by atomic mass is 35.5. The molecule has 1 fully saturated rings. The minimum absolute atomic E-state index is 0.00359. The number of esters is 1. The molecule has 166 valence electrons. The first-order chi connectivity index (χ1) is 15.3. The number of rotatable bonds is 8. The van der Waals surface area contributed by atoms with E-state index < -0.39 is 27.8 Å². The molecule has 32 heavy (non-hydrogen) atoms. The average Bonchev–Trinajstić information content (AvgIpc) is 3.22. The molecule has 0 aromatic heterocycles. The zero-order valence-electron chi connectivity index (χ0n) is 16.8. The number of amides is 1. The van der Waals surface area contributed by atoms with Crippen LogP contribution >= 0.6 is 46.6 Å². The van der Waals surface area contributed by atoms with Crippen LogP contribution in [0.4, 0.5) is 0 Å². The number of nitrogens with zero attached hydrogens (tertiary/aromatic N) is 2. The number of hydrogen-bond donors (Lipinski definition) is 0. The molecule has 0 spiro atoms. The normalized spacial score (nSPS) is 20.8. The van der Waals surface area contributed by atoms with E-state index in [2.05, 4.69) is 11.6 Å². The summed E-state index contributed by atoms with van der Waals surface area (Å²) in [7, 11) is 0. The number of aliphatic imine (C=N–C) groups is 1. The summed E-state index contributed by atoms with van der Waals surface area (Å²) in [5.41, 5.74) is 1.86. The summed E-state index contributed by atoms with van der Waals surface area (Å²) < 4.78 is 4.08. The average molecular weight is 510 g/mol. The Morgan fingerprint density at radius 2 is 1.78 bits per heavy atom. The molecular formula is C23H19Cl3N2O3S. The fourth-order valence-electron chi connectivity index (χ4n) is 3.54. The molecular weight excluding hydrogens is 491 g/mol. The van der Waals surface area contributed by atoms with Crippen LogP contribution in [0.1, 0.15) is 11.1 Å². The van der Waals surface area contributed by atoms with Gasteiger partial charge in [0.15, 0.2) is 16.4 Å². The Morgan fingerprint density at radius 1 is 1.16 bits per heavy atom. The summed E-state index contributed by atoms with van der Waals surface area (Å²) in [6.07, 6.45) is 0. The number of ether oxygens (including phenoxy) is 1. The van der Waals surface area contributed by atoms with Gasteiger partial charge in [0.25, 0.3) is 5.91 Å². The fraction of sp³-hybridized carbons (Fsp3) is 0.261. The Bertz CT molecular complexity index is 1060. The number of carbonyl (C=O) groups excluding carboxylic acids is 2. The maximum absolute atomic E-state index is 13.0. The van der Waals surface area contributed by atoms with Crippen LogP contribution in [-0.4, -0.2) is 45.2 Å². The van der Waals surface area contributed by atoms with Crippen molar-refractivity contribution in [3.63, 3.8) is 0 Å². The molecule has 0 aliphatic carbocycles. The molecule has 2 aliphatic heterocycles. The lowest BCUT2D eigenvalue weighted by molar-refractivity contribution is -0.161. The van der Waals surface area contributed by atoms with Crippen molar-refractivity contribution >= 4 is 63.5 Å². The van der Waals surface area contributed by atoms with Gasteiger partial charge in [-0.3, -0.25) is 9.79 Å². The van der Waals surface area contributed by atoms with E-state index in [1.54, 1.807) is 12.1 Å². The number of hydrogen-bond acceptors (Lipinski definition) is 5. The lowest BCUT2D eigenvalue weighted by Gasteiger charge is -2.45. The molecule has 3 atom stereocenters. The lowest BCUT2D eigenvalue weighted by Crippen LogP contribution is -2.66. The van der Waals surface area contributed by atoms with Crippen LogP contribution in [-0.2, 0) is 25.3 Å². The standard InChI is InChI=1S/C23H19Cl3N2O3S/c1-14(12-24)18(21(30)31-13-15-8-4-2-5-9-15)28-19(29)17-20(28)32-22(27-17)23(25,26)16-10-6-3-7-11-16/h2-11,17-18,20H,1,12-13H2. The molecule has 0 N–H and O–H groups in total. The summed E-state index contributed by atoms with van der Waals surface area (Å²) in [5.74, 6) is -0.905. The zero-order chi connectivity index (χ0) is 22.9. The van der Waals surface area contributed by atoms with Crippen molar-refractivity contribution in [2.75, 3.05) is 5.88 Å². The van der Waals surface area contributed by atoms with Crippen LogP contribution < -0.4 is 0 Å². The Morgan fingerprint density at radius 3 is 2.41 bits per heavy atom. The zero-order valence-corrected chi connectivity index (χ0v) is 19.9. The molecule has 1 amide bonds. The van der Waals surface area contributed by atoms with E-state index in [1.807, 2.05) is 48.5 Å². The van der Waals surface area contributed by atoms with Crippen molar-refractivity contribution in [3.8, 4) is 0 Å². The number of fused-ring (bicyclic) bond motifs is 1. The fourth-order valence-corrected chi connectivity index (χ4v) is 5.62. The van der Waals surface area contributed by atoms with Crippen molar-refractivity contribution in [2.45, 2.75) is 28.4 Å². The van der Waals surface area contributed by atoms with Gasteiger partial charge in [0.2, 0.25) is 0 Å². The maximum atomic E-state index is 13.0. The van der Waals surface area contributed by atoms with Gasteiger partial charge >= 0.3 is 5.97 Å². The highest BCUT2D eigenvalue weighted by Crippen LogP contribution is 2.49. The van der Waals surface area contributed by atoms with Crippen molar-refractivity contribution in [1.82, 2.24) is 4.90 Å². The first kappa shape index (κ1) is 23.2. The minimum atomic E-state index is -1.40. The Labute approximate surface area is 205 Å². The smallest absolute Gasteiger partial charge is 0.333 e. The third-order valence-electron chi connectivity index (χ3n) is 5.23. The lowest BCUT2D eigenvalue weighted by atomic mass is 10.00. The van der Waals surface area contributed by atoms with Gasteiger partial charge in [-0.2, -0.15) is 0 Å². The maximum Gasteiger partial charge on any atom is 0.333 e.